The Morgan fingerprint density at radius 2 is 1.88 bits per heavy atom. The molecule has 0 atom stereocenters. The van der Waals surface area contributed by atoms with Crippen molar-refractivity contribution >= 4 is 22.2 Å². The molecule has 1 aliphatic rings. The number of aromatic amines is 1. The van der Waals surface area contributed by atoms with Gasteiger partial charge in [0.15, 0.2) is 0 Å². The number of nitrogens with one attached hydrogen (secondary N) is 2. The Morgan fingerprint density at radius 1 is 1.04 bits per heavy atom. The van der Waals surface area contributed by atoms with Gasteiger partial charge < -0.3 is 15.0 Å². The fraction of sp³-hybridized carbons (Fsp3) is 0.429. The van der Waals surface area contributed by atoms with Crippen LogP contribution in [-0.2, 0) is 19.6 Å². The maximum Gasteiger partial charge on any atom is 0.119 e. The van der Waals surface area contributed by atoms with Crippen LogP contribution in [0.1, 0.15) is 34.7 Å². The lowest BCUT2D eigenvalue weighted by Gasteiger charge is -2.25. The number of aromatic nitrogens is 1. The normalized spacial score (nSPS) is 15.6. The van der Waals surface area contributed by atoms with Crippen LogP contribution in [0.2, 0.25) is 0 Å². The number of ether oxygens (including phenoxy) is 1. The molecule has 1 fully saturated rings. The minimum atomic E-state index is 0.844. The molecule has 2 N–H and O–H groups in total. The highest BCUT2D eigenvalue weighted by Gasteiger charge is 2.11. The van der Waals surface area contributed by atoms with E-state index in [0.717, 1.165) is 30.9 Å². The molecule has 0 radical (unpaired) electrons. The zero-order valence-electron chi connectivity index (χ0n) is 15.4. The van der Waals surface area contributed by atoms with Crippen LogP contribution in [0.15, 0.2) is 36.4 Å². The van der Waals surface area contributed by atoms with Gasteiger partial charge in [0.1, 0.15) is 5.75 Å². The number of fused-ring (bicyclic) bond motifs is 1. The van der Waals surface area contributed by atoms with Crippen LogP contribution in [-0.4, -0.2) is 30.1 Å². The molecule has 138 valence electrons. The predicted molar refractivity (Wildman–Crippen MR) is 109 cm³/mol. The molecule has 5 heteroatoms. The largest absolute Gasteiger partial charge is 0.497 e. The first-order valence-corrected chi connectivity index (χ1v) is 10.3. The minimum absolute atomic E-state index is 0.844. The van der Waals surface area contributed by atoms with Crippen LogP contribution >= 0.6 is 11.3 Å². The number of benzene rings is 1. The number of rotatable bonds is 7. The summed E-state index contributed by atoms with van der Waals surface area (Å²) in [6, 6.07) is 12.9. The third-order valence-electron chi connectivity index (χ3n) is 5.04. The Labute approximate surface area is 159 Å². The quantitative estimate of drug-likeness (QED) is 0.643. The number of nitrogens with zero attached hydrogens (tertiary/aromatic N) is 1. The lowest BCUT2D eigenvalue weighted by molar-refractivity contribution is 0.222. The summed E-state index contributed by atoms with van der Waals surface area (Å²) >= 11 is 1.94. The minimum Gasteiger partial charge on any atom is -0.497 e. The lowest BCUT2D eigenvalue weighted by atomic mass is 10.1. The topological polar surface area (TPSA) is 40.3 Å². The molecule has 3 heterocycles. The first kappa shape index (κ1) is 17.6. The molecule has 1 saturated heterocycles. The zero-order valence-corrected chi connectivity index (χ0v) is 16.2. The summed E-state index contributed by atoms with van der Waals surface area (Å²) in [6.45, 7) is 5.40. The van der Waals surface area contributed by atoms with Gasteiger partial charge in [-0.1, -0.05) is 6.42 Å². The van der Waals surface area contributed by atoms with Crippen molar-refractivity contribution in [3.63, 3.8) is 0 Å². The molecule has 0 bridgehead atoms. The molecule has 0 saturated carbocycles. The Balaban J connectivity index is 1.29. The van der Waals surface area contributed by atoms with Crippen molar-refractivity contribution in [2.75, 3.05) is 20.2 Å². The van der Waals surface area contributed by atoms with Crippen LogP contribution < -0.4 is 10.1 Å². The van der Waals surface area contributed by atoms with Gasteiger partial charge in [0.05, 0.1) is 7.11 Å². The van der Waals surface area contributed by atoms with E-state index in [0.29, 0.717) is 0 Å². The van der Waals surface area contributed by atoms with Crippen LogP contribution in [0, 0.1) is 0 Å². The monoisotopic (exact) mass is 369 g/mol. The molecule has 1 aromatic carbocycles. The van der Waals surface area contributed by atoms with Crippen LogP contribution in [0.3, 0.4) is 0 Å². The third kappa shape index (κ3) is 4.29. The number of methoxy groups -OCH3 is 1. The molecule has 4 rings (SSSR count). The van der Waals surface area contributed by atoms with Crippen molar-refractivity contribution in [3.8, 4) is 5.75 Å². The van der Waals surface area contributed by atoms with Crippen LogP contribution in [0.5, 0.6) is 5.75 Å². The Kier molecular flexibility index (Phi) is 5.58. The van der Waals surface area contributed by atoms with E-state index >= 15 is 0 Å². The lowest BCUT2D eigenvalue weighted by Crippen LogP contribution is -2.28. The summed E-state index contributed by atoms with van der Waals surface area (Å²) in [4.78, 5) is 8.96. The Bertz CT molecular complexity index is 848. The van der Waals surface area contributed by atoms with Gasteiger partial charge in [-0.25, -0.2) is 0 Å². The first-order valence-electron chi connectivity index (χ1n) is 9.46. The molecule has 1 aliphatic heterocycles. The van der Waals surface area contributed by atoms with Gasteiger partial charge in [-0.3, -0.25) is 4.90 Å². The van der Waals surface area contributed by atoms with E-state index in [1.54, 1.807) is 7.11 Å². The second-order valence-electron chi connectivity index (χ2n) is 7.06. The van der Waals surface area contributed by atoms with Crippen LogP contribution in [0.25, 0.3) is 10.9 Å². The summed E-state index contributed by atoms with van der Waals surface area (Å²) < 4.78 is 5.30. The van der Waals surface area contributed by atoms with Gasteiger partial charge in [-0.2, -0.15) is 0 Å². The molecule has 0 aliphatic carbocycles. The fourth-order valence-electron chi connectivity index (χ4n) is 3.65. The average Bonchev–Trinajstić information content (AvgIpc) is 3.28. The highest BCUT2D eigenvalue weighted by Crippen LogP contribution is 2.22. The van der Waals surface area contributed by atoms with Crippen molar-refractivity contribution < 1.29 is 4.74 Å². The number of thiophene rings is 1. The molecule has 3 aromatic rings. The number of piperidine rings is 1. The number of hydrogen-bond acceptors (Lipinski definition) is 4. The van der Waals surface area contributed by atoms with E-state index in [2.05, 4.69) is 45.5 Å². The predicted octanol–water partition coefficient (Wildman–Crippen LogP) is 4.51. The van der Waals surface area contributed by atoms with Crippen molar-refractivity contribution in [1.29, 1.82) is 0 Å². The van der Waals surface area contributed by atoms with E-state index in [4.69, 9.17) is 4.74 Å². The smallest absolute Gasteiger partial charge is 0.119 e. The van der Waals surface area contributed by atoms with E-state index < -0.39 is 0 Å². The molecule has 0 amide bonds. The summed E-state index contributed by atoms with van der Waals surface area (Å²) in [5, 5.41) is 4.75. The Hall–Kier alpha value is -1.82. The summed E-state index contributed by atoms with van der Waals surface area (Å²) in [7, 11) is 1.71. The number of H-pyrrole nitrogens is 1. The number of hydrogen-bond donors (Lipinski definition) is 2. The molecular formula is C21H27N3OS. The van der Waals surface area contributed by atoms with Crippen molar-refractivity contribution in [2.24, 2.45) is 0 Å². The third-order valence-corrected chi connectivity index (χ3v) is 6.11. The molecule has 26 heavy (non-hydrogen) atoms. The Morgan fingerprint density at radius 3 is 2.73 bits per heavy atom. The standard InChI is InChI=1S/C21H27N3OS/c1-25-18-5-8-21-16(12-18)11-17(23-21)13-22-14-19-6-7-20(26-19)15-24-9-3-2-4-10-24/h5-8,11-12,22-23H,2-4,9-10,13-15H2,1H3. The van der Waals surface area contributed by atoms with Crippen LogP contribution in [0.4, 0.5) is 0 Å². The van der Waals surface area contributed by atoms with Gasteiger partial charge in [-0.05, 0) is 62.3 Å². The molecular weight excluding hydrogens is 342 g/mol. The van der Waals surface area contributed by atoms with Crippen molar-refractivity contribution in [3.05, 3.63) is 51.8 Å². The van der Waals surface area contributed by atoms with E-state index in [1.165, 1.54) is 53.2 Å². The molecule has 0 spiro atoms. The van der Waals surface area contributed by atoms with Gasteiger partial charge in [0.25, 0.3) is 0 Å². The second-order valence-corrected chi connectivity index (χ2v) is 8.31. The SMILES string of the molecule is COc1ccc2[nH]c(CNCc3ccc(CN4CCCCC4)s3)cc2c1. The van der Waals surface area contributed by atoms with E-state index in [-0.39, 0.29) is 0 Å². The van der Waals surface area contributed by atoms with Gasteiger partial charge in [0.2, 0.25) is 0 Å². The molecule has 0 unspecified atom stereocenters. The average molecular weight is 370 g/mol. The highest BCUT2D eigenvalue weighted by molar-refractivity contribution is 7.11. The fourth-order valence-corrected chi connectivity index (χ4v) is 4.68. The summed E-state index contributed by atoms with van der Waals surface area (Å²) in [5.41, 5.74) is 2.36. The van der Waals surface area contributed by atoms with Gasteiger partial charge >= 0.3 is 0 Å². The number of likely N-dealkylation sites (tertiary alicyclic amines) is 1. The first-order chi connectivity index (χ1) is 12.8. The van der Waals surface area contributed by atoms with Crippen molar-refractivity contribution in [1.82, 2.24) is 15.2 Å². The molecule has 4 nitrogen and oxygen atoms in total. The van der Waals surface area contributed by atoms with Gasteiger partial charge in [-0.15, -0.1) is 11.3 Å². The van der Waals surface area contributed by atoms with Gasteiger partial charge in [0, 0.05) is 46.0 Å². The summed E-state index contributed by atoms with van der Waals surface area (Å²) in [5.74, 6) is 0.899. The maximum absolute atomic E-state index is 5.30. The summed E-state index contributed by atoms with van der Waals surface area (Å²) in [6.07, 6.45) is 4.11. The molecule has 2 aromatic heterocycles. The maximum atomic E-state index is 5.30. The van der Waals surface area contributed by atoms with E-state index in [1.807, 2.05) is 17.4 Å². The van der Waals surface area contributed by atoms with Crippen molar-refractivity contribution in [2.45, 2.75) is 38.9 Å². The second kappa shape index (κ2) is 8.25. The highest BCUT2D eigenvalue weighted by atomic mass is 32.1. The zero-order chi connectivity index (χ0) is 17.8. The van der Waals surface area contributed by atoms with E-state index in [9.17, 15) is 0 Å².